The lowest BCUT2D eigenvalue weighted by atomic mass is 9.86. The molecule has 0 atom stereocenters. The molecule has 0 N–H and O–H groups in total. The van der Waals surface area contributed by atoms with Gasteiger partial charge in [-0.3, -0.25) is 0 Å². The number of benzene rings is 4. The molecule has 1 heterocycles. The Morgan fingerprint density at radius 2 is 1.16 bits per heavy atom. The first-order valence-electron chi connectivity index (χ1n) is 10.5. The number of rotatable bonds is 3. The average molecular weight is 421 g/mol. The van der Waals surface area contributed by atoms with Crippen LogP contribution < -0.4 is 0 Å². The first-order valence-corrected chi connectivity index (χ1v) is 11.3. The molecule has 0 fully saturated rings. The van der Waals surface area contributed by atoms with E-state index in [0.29, 0.717) is 0 Å². The van der Waals surface area contributed by atoms with Crippen molar-refractivity contribution in [1.29, 1.82) is 0 Å². The molecule has 4 aromatic carbocycles. The molecular weight excluding hydrogens is 396 g/mol. The lowest BCUT2D eigenvalue weighted by molar-refractivity contribution is 0.590. The van der Waals surface area contributed by atoms with Crippen molar-refractivity contribution >= 4 is 22.1 Å². The molecule has 0 amide bonds. The van der Waals surface area contributed by atoms with Gasteiger partial charge in [-0.2, -0.15) is 0 Å². The maximum absolute atomic E-state index is 4.49. The van der Waals surface area contributed by atoms with Crippen LogP contribution in [0.2, 0.25) is 0 Å². The Hall–Kier alpha value is -3.30. The molecule has 0 aliphatic carbocycles. The van der Waals surface area contributed by atoms with E-state index in [0.717, 1.165) is 21.1 Å². The van der Waals surface area contributed by atoms with Gasteiger partial charge in [-0.15, -0.1) is 10.2 Å². The van der Waals surface area contributed by atoms with Crippen LogP contribution in [0.25, 0.3) is 43.0 Å². The molecule has 0 aliphatic rings. The fourth-order valence-electron chi connectivity index (χ4n) is 3.83. The van der Waals surface area contributed by atoms with E-state index in [2.05, 4.69) is 122 Å². The molecule has 31 heavy (non-hydrogen) atoms. The van der Waals surface area contributed by atoms with Gasteiger partial charge in [0.1, 0.15) is 10.0 Å². The molecule has 0 unspecified atom stereocenters. The summed E-state index contributed by atoms with van der Waals surface area (Å²) in [6.45, 7) is 6.72. The first-order chi connectivity index (χ1) is 15.0. The van der Waals surface area contributed by atoms with E-state index < -0.39 is 0 Å². The van der Waals surface area contributed by atoms with E-state index in [1.54, 1.807) is 11.3 Å². The Morgan fingerprint density at radius 1 is 0.581 bits per heavy atom. The third-order valence-corrected chi connectivity index (χ3v) is 6.67. The van der Waals surface area contributed by atoms with Crippen molar-refractivity contribution in [1.82, 2.24) is 10.2 Å². The van der Waals surface area contributed by atoms with E-state index in [4.69, 9.17) is 0 Å². The van der Waals surface area contributed by atoms with Gasteiger partial charge in [0, 0.05) is 11.1 Å². The van der Waals surface area contributed by atoms with Gasteiger partial charge in [-0.05, 0) is 32.9 Å². The summed E-state index contributed by atoms with van der Waals surface area (Å²) in [6, 6.07) is 32.2. The van der Waals surface area contributed by atoms with Gasteiger partial charge in [0.05, 0.1) is 0 Å². The summed E-state index contributed by atoms with van der Waals surface area (Å²) in [7, 11) is 0. The smallest absolute Gasteiger partial charge is 0.138 e. The predicted molar refractivity (Wildman–Crippen MR) is 132 cm³/mol. The molecule has 0 aliphatic heterocycles. The zero-order valence-corrected chi connectivity index (χ0v) is 18.8. The molecule has 5 rings (SSSR count). The minimum absolute atomic E-state index is 0.169. The van der Waals surface area contributed by atoms with E-state index in [-0.39, 0.29) is 5.41 Å². The van der Waals surface area contributed by atoms with Crippen molar-refractivity contribution in [3.05, 3.63) is 96.6 Å². The summed E-state index contributed by atoms with van der Waals surface area (Å²) in [5, 5.41) is 13.3. The summed E-state index contributed by atoms with van der Waals surface area (Å²) in [6.07, 6.45) is 0. The Balaban J connectivity index is 1.43. The van der Waals surface area contributed by atoms with Gasteiger partial charge in [-0.25, -0.2) is 0 Å². The minimum atomic E-state index is 0.169. The number of aromatic nitrogens is 2. The van der Waals surface area contributed by atoms with Crippen molar-refractivity contribution in [2.45, 2.75) is 26.2 Å². The van der Waals surface area contributed by atoms with E-state index in [9.17, 15) is 0 Å². The van der Waals surface area contributed by atoms with Crippen LogP contribution in [-0.4, -0.2) is 10.2 Å². The van der Waals surface area contributed by atoms with Crippen LogP contribution in [0.5, 0.6) is 0 Å². The number of fused-ring (bicyclic) bond motifs is 1. The fraction of sp³-hybridized carbons (Fsp3) is 0.143. The van der Waals surface area contributed by atoms with Crippen LogP contribution in [0.1, 0.15) is 26.3 Å². The summed E-state index contributed by atoms with van der Waals surface area (Å²) >= 11 is 1.64. The molecule has 0 saturated carbocycles. The summed E-state index contributed by atoms with van der Waals surface area (Å²) in [5.41, 5.74) is 6.19. The standard InChI is InChI=1S/C28H24N2S/c1-28(2,3)23-17-15-20(16-18-23)19-11-13-22(14-12-19)26-29-30-27(31-26)25-10-6-8-21-7-4-5-9-24(21)25/h4-18H,1-3H3. The predicted octanol–water partition coefficient (Wildman–Crippen LogP) is 7.99. The summed E-state index contributed by atoms with van der Waals surface area (Å²) < 4.78 is 0. The third-order valence-electron chi connectivity index (χ3n) is 5.66. The van der Waals surface area contributed by atoms with Crippen LogP contribution in [0.3, 0.4) is 0 Å². The van der Waals surface area contributed by atoms with Crippen molar-refractivity contribution in [3.63, 3.8) is 0 Å². The highest BCUT2D eigenvalue weighted by Gasteiger charge is 2.14. The van der Waals surface area contributed by atoms with Gasteiger partial charge < -0.3 is 0 Å². The van der Waals surface area contributed by atoms with Gasteiger partial charge in [0.25, 0.3) is 0 Å². The second kappa shape index (κ2) is 7.75. The van der Waals surface area contributed by atoms with E-state index in [1.165, 1.54) is 27.5 Å². The molecule has 0 bridgehead atoms. The monoisotopic (exact) mass is 420 g/mol. The van der Waals surface area contributed by atoms with E-state index >= 15 is 0 Å². The second-order valence-electron chi connectivity index (χ2n) is 8.84. The second-order valence-corrected chi connectivity index (χ2v) is 9.82. The molecule has 3 heteroatoms. The van der Waals surface area contributed by atoms with Gasteiger partial charge in [0.15, 0.2) is 0 Å². The fourth-order valence-corrected chi connectivity index (χ4v) is 4.72. The van der Waals surface area contributed by atoms with Crippen LogP contribution in [0.15, 0.2) is 91.0 Å². The Bertz CT molecular complexity index is 1340. The number of nitrogens with zero attached hydrogens (tertiary/aromatic N) is 2. The highest BCUT2D eigenvalue weighted by molar-refractivity contribution is 7.18. The van der Waals surface area contributed by atoms with Crippen molar-refractivity contribution in [3.8, 4) is 32.3 Å². The van der Waals surface area contributed by atoms with Crippen LogP contribution >= 0.6 is 11.3 Å². The molecule has 0 saturated heterocycles. The maximum Gasteiger partial charge on any atom is 0.148 e. The normalized spacial score (nSPS) is 11.7. The zero-order chi connectivity index (χ0) is 21.4. The molecule has 152 valence electrons. The minimum Gasteiger partial charge on any atom is -0.138 e. The Morgan fingerprint density at radius 3 is 1.87 bits per heavy atom. The van der Waals surface area contributed by atoms with Crippen LogP contribution in [0, 0.1) is 0 Å². The lowest BCUT2D eigenvalue weighted by Crippen LogP contribution is -2.10. The number of hydrogen-bond donors (Lipinski definition) is 0. The zero-order valence-electron chi connectivity index (χ0n) is 18.0. The van der Waals surface area contributed by atoms with Crippen molar-refractivity contribution in [2.75, 3.05) is 0 Å². The summed E-state index contributed by atoms with van der Waals surface area (Å²) in [5.74, 6) is 0. The van der Waals surface area contributed by atoms with Crippen molar-refractivity contribution < 1.29 is 0 Å². The number of hydrogen-bond acceptors (Lipinski definition) is 3. The lowest BCUT2D eigenvalue weighted by Gasteiger charge is -2.19. The largest absolute Gasteiger partial charge is 0.148 e. The molecule has 0 spiro atoms. The first kappa shape index (κ1) is 19.7. The topological polar surface area (TPSA) is 25.8 Å². The van der Waals surface area contributed by atoms with Gasteiger partial charge in [-0.1, -0.05) is 123 Å². The van der Waals surface area contributed by atoms with Crippen molar-refractivity contribution in [2.24, 2.45) is 0 Å². The maximum atomic E-state index is 4.49. The Kier molecular flexibility index (Phi) is 4.91. The van der Waals surface area contributed by atoms with Crippen LogP contribution in [-0.2, 0) is 5.41 Å². The average Bonchev–Trinajstić information content (AvgIpc) is 3.28. The van der Waals surface area contributed by atoms with E-state index in [1.807, 2.05) is 0 Å². The van der Waals surface area contributed by atoms with Gasteiger partial charge in [0.2, 0.25) is 0 Å². The van der Waals surface area contributed by atoms with Crippen LogP contribution in [0.4, 0.5) is 0 Å². The summed E-state index contributed by atoms with van der Waals surface area (Å²) in [4.78, 5) is 0. The van der Waals surface area contributed by atoms with Gasteiger partial charge >= 0.3 is 0 Å². The molecular formula is C28H24N2S. The quantitative estimate of drug-likeness (QED) is 0.295. The molecule has 2 nitrogen and oxygen atoms in total. The molecule has 5 aromatic rings. The highest BCUT2D eigenvalue weighted by atomic mass is 32.1. The molecule has 1 aromatic heterocycles. The molecule has 0 radical (unpaired) electrons. The highest BCUT2D eigenvalue weighted by Crippen LogP contribution is 2.35. The Labute approximate surface area is 187 Å². The SMILES string of the molecule is CC(C)(C)c1ccc(-c2ccc(-c3nnc(-c4cccc5ccccc45)s3)cc2)cc1. The third kappa shape index (κ3) is 3.89.